The summed E-state index contributed by atoms with van der Waals surface area (Å²) in [7, 11) is 0. The molecule has 2 saturated heterocycles. The second-order valence-electron chi connectivity index (χ2n) is 7.47. The molecular formula is C20H20FN5O3. The summed E-state index contributed by atoms with van der Waals surface area (Å²) in [4.78, 5) is 0. The minimum Gasteiger partial charge on any atom is -0.507 e. The van der Waals surface area contributed by atoms with E-state index in [-0.39, 0.29) is 17.7 Å². The molecule has 150 valence electrons. The minimum absolute atomic E-state index is 0.0127. The quantitative estimate of drug-likeness (QED) is 0.692. The van der Waals surface area contributed by atoms with E-state index < -0.39 is 12.3 Å². The molecule has 2 aliphatic heterocycles. The van der Waals surface area contributed by atoms with Crippen molar-refractivity contribution in [1.29, 1.82) is 0 Å². The topological polar surface area (TPSA) is 106 Å². The highest BCUT2D eigenvalue weighted by Crippen LogP contribution is 2.33. The number of aromatic hydroxyl groups is 1. The Balaban J connectivity index is 1.31. The number of aromatic nitrogens is 4. The zero-order valence-corrected chi connectivity index (χ0v) is 15.5. The molecule has 0 amide bonds. The monoisotopic (exact) mass is 397 g/mol. The fraction of sp³-hybridized carbons (Fsp3) is 0.400. The molecule has 2 N–H and O–H groups in total. The molecule has 2 aromatic heterocycles. The highest BCUT2D eigenvalue weighted by atomic mass is 19.1. The van der Waals surface area contributed by atoms with E-state index in [1.165, 1.54) is 12.5 Å². The lowest BCUT2D eigenvalue weighted by atomic mass is 9.84. The molecule has 1 aromatic carbocycles. The van der Waals surface area contributed by atoms with Crippen molar-refractivity contribution < 1.29 is 18.7 Å². The van der Waals surface area contributed by atoms with Crippen LogP contribution in [0.1, 0.15) is 25.7 Å². The Kier molecular flexibility index (Phi) is 4.59. The third kappa shape index (κ3) is 3.53. The largest absolute Gasteiger partial charge is 0.507 e. The Bertz CT molecular complexity index is 982. The molecule has 2 aliphatic rings. The van der Waals surface area contributed by atoms with E-state index in [1.54, 1.807) is 24.3 Å². The van der Waals surface area contributed by atoms with Crippen LogP contribution in [0.5, 0.6) is 11.6 Å². The first-order valence-corrected chi connectivity index (χ1v) is 9.68. The number of hydrogen-bond donors (Lipinski definition) is 2. The number of piperidine rings is 2. The van der Waals surface area contributed by atoms with Crippen molar-refractivity contribution in [2.45, 2.75) is 50.0 Å². The molecule has 29 heavy (non-hydrogen) atoms. The third-order valence-electron chi connectivity index (χ3n) is 5.57. The predicted molar refractivity (Wildman–Crippen MR) is 101 cm³/mol. The van der Waals surface area contributed by atoms with Gasteiger partial charge in [-0.25, -0.2) is 4.39 Å². The molecule has 0 radical (unpaired) electrons. The average molecular weight is 397 g/mol. The van der Waals surface area contributed by atoms with Crippen LogP contribution >= 0.6 is 0 Å². The van der Waals surface area contributed by atoms with Crippen LogP contribution in [-0.2, 0) is 0 Å². The van der Waals surface area contributed by atoms with Crippen molar-refractivity contribution in [2.24, 2.45) is 0 Å². The van der Waals surface area contributed by atoms with E-state index >= 15 is 0 Å². The number of rotatable bonds is 4. The normalized spacial score (nSPS) is 26.2. The smallest absolute Gasteiger partial charge is 0.247 e. The number of alkyl halides is 1. The lowest BCUT2D eigenvalue weighted by Gasteiger charge is -2.42. The summed E-state index contributed by atoms with van der Waals surface area (Å²) in [6, 6.07) is 8.47. The summed E-state index contributed by atoms with van der Waals surface area (Å²) in [5.41, 5.74) is 1.58. The summed E-state index contributed by atoms with van der Waals surface area (Å²) in [6.07, 6.45) is 3.20. The fourth-order valence-electron chi connectivity index (χ4n) is 4.14. The maximum atomic E-state index is 14.7. The van der Waals surface area contributed by atoms with Crippen LogP contribution in [0.3, 0.4) is 0 Å². The van der Waals surface area contributed by atoms with E-state index in [1.807, 2.05) is 0 Å². The van der Waals surface area contributed by atoms with Crippen molar-refractivity contribution in [3.8, 4) is 34.3 Å². The van der Waals surface area contributed by atoms with Gasteiger partial charge in [-0.15, -0.1) is 20.4 Å². The molecule has 3 aromatic rings. The van der Waals surface area contributed by atoms with Gasteiger partial charge in [-0.1, -0.05) is 6.42 Å². The Morgan fingerprint density at radius 2 is 2.07 bits per heavy atom. The lowest BCUT2D eigenvalue weighted by molar-refractivity contribution is 0.00652. The van der Waals surface area contributed by atoms with E-state index in [2.05, 4.69) is 25.7 Å². The first-order chi connectivity index (χ1) is 14.2. The van der Waals surface area contributed by atoms with Crippen LogP contribution in [0.2, 0.25) is 0 Å². The molecule has 2 unspecified atom stereocenters. The van der Waals surface area contributed by atoms with Gasteiger partial charge in [-0.05, 0) is 37.1 Å². The number of benzene rings is 1. The van der Waals surface area contributed by atoms with Crippen LogP contribution in [0.15, 0.2) is 41.1 Å². The first kappa shape index (κ1) is 18.0. The fourth-order valence-corrected chi connectivity index (χ4v) is 4.14. The summed E-state index contributed by atoms with van der Waals surface area (Å²) in [5.74, 6) is 0.608. The summed E-state index contributed by atoms with van der Waals surface area (Å²) in [6.45, 7) is 0. The Morgan fingerprint density at radius 3 is 2.83 bits per heavy atom. The van der Waals surface area contributed by atoms with Gasteiger partial charge < -0.3 is 19.6 Å². The zero-order chi connectivity index (χ0) is 19.8. The second-order valence-corrected chi connectivity index (χ2v) is 7.47. The van der Waals surface area contributed by atoms with Gasteiger partial charge in [-0.3, -0.25) is 0 Å². The maximum absolute atomic E-state index is 14.7. The predicted octanol–water partition coefficient (Wildman–Crippen LogP) is 2.90. The third-order valence-corrected chi connectivity index (χ3v) is 5.57. The molecular weight excluding hydrogens is 377 g/mol. The van der Waals surface area contributed by atoms with Gasteiger partial charge in [0.1, 0.15) is 11.9 Å². The number of hydrogen-bond acceptors (Lipinski definition) is 8. The van der Waals surface area contributed by atoms with Crippen molar-refractivity contribution in [2.75, 3.05) is 0 Å². The van der Waals surface area contributed by atoms with E-state index in [0.717, 1.165) is 19.3 Å². The second kappa shape index (κ2) is 7.40. The van der Waals surface area contributed by atoms with Crippen LogP contribution < -0.4 is 10.1 Å². The number of ether oxygens (including phenoxy) is 1. The maximum Gasteiger partial charge on any atom is 0.247 e. The minimum atomic E-state index is -1.06. The molecule has 4 heterocycles. The Labute approximate surface area is 166 Å². The van der Waals surface area contributed by atoms with Crippen molar-refractivity contribution in [3.05, 3.63) is 36.7 Å². The lowest BCUT2D eigenvalue weighted by Crippen LogP contribution is -2.59. The van der Waals surface area contributed by atoms with Crippen LogP contribution in [0.4, 0.5) is 4.39 Å². The van der Waals surface area contributed by atoms with E-state index in [0.29, 0.717) is 35.2 Å². The molecule has 0 spiro atoms. The van der Waals surface area contributed by atoms with E-state index in [4.69, 9.17) is 9.15 Å². The van der Waals surface area contributed by atoms with E-state index in [9.17, 15) is 9.50 Å². The Morgan fingerprint density at radius 1 is 1.14 bits per heavy atom. The van der Waals surface area contributed by atoms with Gasteiger partial charge in [0.05, 0.1) is 5.69 Å². The van der Waals surface area contributed by atoms with Gasteiger partial charge in [0, 0.05) is 35.7 Å². The summed E-state index contributed by atoms with van der Waals surface area (Å²) >= 11 is 0. The number of fused-ring (bicyclic) bond motifs is 2. The highest BCUT2D eigenvalue weighted by Gasteiger charge is 2.41. The zero-order valence-electron chi connectivity index (χ0n) is 15.5. The molecule has 0 saturated carbocycles. The number of halogens is 1. The summed E-state index contributed by atoms with van der Waals surface area (Å²) < 4.78 is 25.6. The number of nitrogens with zero attached hydrogens (tertiary/aromatic N) is 4. The molecule has 2 fully saturated rings. The standard InChI is InChI=1S/C20H20FN5O3/c21-19-15-3-1-2-12(23-15)9-17(19)29-18-7-6-14(24-25-18)13-5-4-11(8-16(13)27)20-26-22-10-28-20/h4-8,10,12,15,17,19,23,27H,1-3,9H2/t12?,15?,17-,19+/m0/s1. The molecule has 4 atom stereocenters. The van der Waals surface area contributed by atoms with Crippen molar-refractivity contribution in [3.63, 3.8) is 0 Å². The number of phenolic OH excluding ortho intramolecular Hbond substituents is 1. The van der Waals surface area contributed by atoms with Crippen LogP contribution in [-0.4, -0.2) is 49.9 Å². The van der Waals surface area contributed by atoms with Gasteiger partial charge in [0.25, 0.3) is 0 Å². The molecule has 2 bridgehead atoms. The van der Waals surface area contributed by atoms with Gasteiger partial charge in [0.15, 0.2) is 6.17 Å². The van der Waals surface area contributed by atoms with Crippen molar-refractivity contribution in [1.82, 2.24) is 25.7 Å². The van der Waals surface area contributed by atoms with Gasteiger partial charge >= 0.3 is 0 Å². The molecule has 8 nitrogen and oxygen atoms in total. The van der Waals surface area contributed by atoms with Gasteiger partial charge in [-0.2, -0.15) is 0 Å². The van der Waals surface area contributed by atoms with Crippen LogP contribution in [0.25, 0.3) is 22.7 Å². The van der Waals surface area contributed by atoms with Gasteiger partial charge in [0.2, 0.25) is 18.2 Å². The molecule has 9 heteroatoms. The SMILES string of the molecule is Oc1cc(-c2nnco2)ccc1-c1ccc(O[C@H]2CC3CCCC(N3)[C@H]2F)nn1. The number of nitrogens with one attached hydrogen (secondary N) is 1. The average Bonchev–Trinajstić information content (AvgIpc) is 3.28. The first-order valence-electron chi connectivity index (χ1n) is 9.68. The summed E-state index contributed by atoms with van der Waals surface area (Å²) in [5, 5.41) is 29.4. The molecule has 5 rings (SSSR count). The molecule has 0 aliphatic carbocycles. The highest BCUT2D eigenvalue weighted by molar-refractivity contribution is 5.71. The number of phenols is 1. The van der Waals surface area contributed by atoms with Crippen molar-refractivity contribution >= 4 is 0 Å². The van der Waals surface area contributed by atoms with Crippen LogP contribution in [0, 0.1) is 0 Å². The Hall–Kier alpha value is -3.07.